The Morgan fingerprint density at radius 3 is 1.43 bits per heavy atom. The Labute approximate surface area is 371 Å². The van der Waals surface area contributed by atoms with Gasteiger partial charge in [-0.1, -0.05) is 229 Å². The van der Waals surface area contributed by atoms with Crippen LogP contribution in [-0.2, 0) is 14.3 Å². The molecule has 0 radical (unpaired) electrons. The van der Waals surface area contributed by atoms with Gasteiger partial charge in [-0.2, -0.15) is 0 Å². The summed E-state index contributed by atoms with van der Waals surface area (Å²) in [5, 5.41) is 23.6. The molecule has 60 heavy (non-hydrogen) atoms. The number of ether oxygens (including phenoxy) is 1. The van der Waals surface area contributed by atoms with Crippen molar-refractivity contribution in [2.75, 3.05) is 6.61 Å². The Bertz CT molecular complexity index is 1120. The van der Waals surface area contributed by atoms with Crippen LogP contribution in [0.5, 0.6) is 0 Å². The van der Waals surface area contributed by atoms with Gasteiger partial charge in [0.1, 0.15) is 6.10 Å². The Morgan fingerprint density at radius 2 is 0.933 bits per heavy atom. The van der Waals surface area contributed by atoms with Gasteiger partial charge in [0.25, 0.3) is 0 Å². The molecule has 3 N–H and O–H groups in total. The Morgan fingerprint density at radius 1 is 0.500 bits per heavy atom. The molecular formula is C54H95NO5. The smallest absolute Gasteiger partial charge is 0.306 e. The van der Waals surface area contributed by atoms with E-state index < -0.39 is 18.2 Å². The first-order valence-electron chi connectivity index (χ1n) is 25.2. The molecule has 0 aliphatic heterocycles. The molecule has 0 heterocycles. The zero-order valence-electron chi connectivity index (χ0n) is 39.3. The number of aliphatic hydroxyl groups excluding tert-OH is 2. The summed E-state index contributed by atoms with van der Waals surface area (Å²) in [5.74, 6) is -0.558. The zero-order chi connectivity index (χ0) is 43.8. The topological polar surface area (TPSA) is 95.9 Å². The molecule has 0 aliphatic rings. The summed E-state index contributed by atoms with van der Waals surface area (Å²) in [6.07, 6.45) is 59.7. The highest BCUT2D eigenvalue weighted by Gasteiger charge is 2.24. The van der Waals surface area contributed by atoms with Crippen LogP contribution in [0.1, 0.15) is 233 Å². The lowest BCUT2D eigenvalue weighted by Crippen LogP contribution is -2.46. The van der Waals surface area contributed by atoms with Crippen molar-refractivity contribution in [2.45, 2.75) is 251 Å². The third kappa shape index (κ3) is 42.0. The fraction of sp³-hybridized carbons (Fsp3) is 0.741. The quantitative estimate of drug-likeness (QED) is 0.0246. The maximum atomic E-state index is 13.2. The van der Waals surface area contributed by atoms with Crippen LogP contribution >= 0.6 is 0 Å². The Hall–Kier alpha value is -2.70. The van der Waals surface area contributed by atoms with Gasteiger partial charge in [-0.25, -0.2) is 0 Å². The van der Waals surface area contributed by atoms with Crippen molar-refractivity contribution in [3.8, 4) is 0 Å². The molecule has 0 rings (SSSR count). The number of nitrogens with one attached hydrogen (secondary N) is 1. The molecule has 0 bridgehead atoms. The van der Waals surface area contributed by atoms with Gasteiger partial charge in [0, 0.05) is 6.42 Å². The molecule has 3 atom stereocenters. The van der Waals surface area contributed by atoms with E-state index in [1.807, 2.05) is 48.6 Å². The van der Waals surface area contributed by atoms with Gasteiger partial charge in [-0.05, 0) is 64.2 Å². The first kappa shape index (κ1) is 57.3. The number of unbranched alkanes of at least 4 members (excludes halogenated alkanes) is 24. The number of carbonyl (C=O) groups excluding carboxylic acids is 2. The van der Waals surface area contributed by atoms with E-state index >= 15 is 0 Å². The van der Waals surface area contributed by atoms with E-state index in [1.54, 1.807) is 0 Å². The highest BCUT2D eigenvalue weighted by Crippen LogP contribution is 2.17. The van der Waals surface area contributed by atoms with E-state index in [0.717, 1.165) is 64.2 Å². The SMILES string of the molecule is CC/C=C/C=C/C=C\C=C/C=C/CCCC(CC(=O)NC(CO)C(O)CCCCCCCCCCCC)OC(=O)CCCCCCC/C=C/CCCCCCCCCCC. The van der Waals surface area contributed by atoms with E-state index in [0.29, 0.717) is 19.3 Å². The lowest BCUT2D eigenvalue weighted by atomic mass is 10.0. The molecule has 0 fully saturated rings. The number of amides is 1. The molecular weight excluding hydrogens is 743 g/mol. The highest BCUT2D eigenvalue weighted by molar-refractivity contribution is 5.77. The predicted molar refractivity (Wildman–Crippen MR) is 259 cm³/mol. The molecule has 3 unspecified atom stereocenters. The average molecular weight is 838 g/mol. The lowest BCUT2D eigenvalue weighted by molar-refractivity contribution is -0.151. The summed E-state index contributed by atoms with van der Waals surface area (Å²) in [6, 6.07) is -0.727. The second-order valence-corrected chi connectivity index (χ2v) is 17.0. The van der Waals surface area contributed by atoms with Crippen LogP contribution < -0.4 is 5.32 Å². The summed E-state index contributed by atoms with van der Waals surface area (Å²) >= 11 is 0. The Balaban J connectivity index is 4.66. The number of hydrogen-bond acceptors (Lipinski definition) is 5. The maximum absolute atomic E-state index is 13.2. The third-order valence-corrected chi connectivity index (χ3v) is 11.1. The van der Waals surface area contributed by atoms with Crippen LogP contribution in [0, 0.1) is 0 Å². The first-order valence-corrected chi connectivity index (χ1v) is 25.2. The molecule has 1 amide bonds. The van der Waals surface area contributed by atoms with Gasteiger partial charge in [-0.15, -0.1) is 0 Å². The number of carbonyl (C=O) groups is 2. The predicted octanol–water partition coefficient (Wildman–Crippen LogP) is 15.0. The summed E-state index contributed by atoms with van der Waals surface area (Å²) in [7, 11) is 0. The van der Waals surface area contributed by atoms with Gasteiger partial charge in [-0.3, -0.25) is 9.59 Å². The van der Waals surface area contributed by atoms with Crippen LogP contribution in [0.2, 0.25) is 0 Å². The number of aliphatic hydroxyl groups is 2. The summed E-state index contributed by atoms with van der Waals surface area (Å²) in [6.45, 7) is 6.30. The Kier molecular flexibility index (Phi) is 45.2. The summed E-state index contributed by atoms with van der Waals surface area (Å²) in [5.41, 5.74) is 0. The molecule has 346 valence electrons. The largest absolute Gasteiger partial charge is 0.462 e. The van der Waals surface area contributed by atoms with Crippen molar-refractivity contribution >= 4 is 11.9 Å². The monoisotopic (exact) mass is 838 g/mol. The number of esters is 1. The van der Waals surface area contributed by atoms with Crippen molar-refractivity contribution < 1.29 is 24.5 Å². The average Bonchev–Trinajstić information content (AvgIpc) is 3.24. The zero-order valence-corrected chi connectivity index (χ0v) is 39.3. The van der Waals surface area contributed by atoms with E-state index in [-0.39, 0.29) is 24.9 Å². The van der Waals surface area contributed by atoms with Crippen molar-refractivity contribution in [3.63, 3.8) is 0 Å². The highest BCUT2D eigenvalue weighted by atomic mass is 16.5. The van der Waals surface area contributed by atoms with E-state index in [2.05, 4.69) is 50.4 Å². The number of allylic oxidation sites excluding steroid dienone is 12. The van der Waals surface area contributed by atoms with Gasteiger partial charge in [0.15, 0.2) is 0 Å². The first-order chi connectivity index (χ1) is 29.5. The van der Waals surface area contributed by atoms with Crippen LogP contribution in [0.15, 0.2) is 72.9 Å². The number of hydrogen-bond donors (Lipinski definition) is 3. The summed E-state index contributed by atoms with van der Waals surface area (Å²) < 4.78 is 5.88. The van der Waals surface area contributed by atoms with Crippen molar-refractivity contribution in [3.05, 3.63) is 72.9 Å². The van der Waals surface area contributed by atoms with Crippen molar-refractivity contribution in [1.29, 1.82) is 0 Å². The molecule has 0 spiro atoms. The van der Waals surface area contributed by atoms with E-state index in [1.165, 1.54) is 122 Å². The second kappa shape index (κ2) is 47.4. The molecule has 0 aromatic carbocycles. The van der Waals surface area contributed by atoms with E-state index in [4.69, 9.17) is 4.74 Å². The normalized spacial score (nSPS) is 13.9. The van der Waals surface area contributed by atoms with Gasteiger partial charge in [0.2, 0.25) is 5.91 Å². The second-order valence-electron chi connectivity index (χ2n) is 17.0. The molecule has 0 aliphatic carbocycles. The van der Waals surface area contributed by atoms with Crippen molar-refractivity contribution in [2.24, 2.45) is 0 Å². The van der Waals surface area contributed by atoms with E-state index in [9.17, 15) is 19.8 Å². The lowest BCUT2D eigenvalue weighted by Gasteiger charge is -2.24. The minimum absolute atomic E-state index is 0.0230. The summed E-state index contributed by atoms with van der Waals surface area (Å²) in [4.78, 5) is 26.1. The molecule has 0 aromatic rings. The molecule has 6 nitrogen and oxygen atoms in total. The van der Waals surface area contributed by atoms with Gasteiger partial charge < -0.3 is 20.3 Å². The minimum Gasteiger partial charge on any atom is -0.462 e. The minimum atomic E-state index is -0.809. The van der Waals surface area contributed by atoms with Crippen LogP contribution in [0.4, 0.5) is 0 Å². The van der Waals surface area contributed by atoms with Crippen molar-refractivity contribution in [1.82, 2.24) is 5.32 Å². The fourth-order valence-corrected chi connectivity index (χ4v) is 7.33. The molecule has 0 saturated heterocycles. The van der Waals surface area contributed by atoms with Crippen LogP contribution in [0.25, 0.3) is 0 Å². The van der Waals surface area contributed by atoms with Crippen LogP contribution in [0.3, 0.4) is 0 Å². The fourth-order valence-electron chi connectivity index (χ4n) is 7.33. The molecule has 0 saturated carbocycles. The van der Waals surface area contributed by atoms with Gasteiger partial charge in [0.05, 0.1) is 25.2 Å². The number of rotatable bonds is 44. The molecule has 0 aromatic heterocycles. The molecule has 6 heteroatoms. The maximum Gasteiger partial charge on any atom is 0.306 e. The standard InChI is InChI=1S/C54H95NO5/c1-4-7-10-13-16-19-22-24-25-26-27-28-30-32-35-38-41-44-47-54(59)60-50(45-42-39-36-33-31-29-23-20-17-14-11-8-5-2)48-53(58)55-51(49-56)52(57)46-43-40-37-34-21-18-15-12-9-6-3/h8,11,14,17,20,23,27-29,31,33,36,50-52,56-57H,4-7,9-10,12-13,15-16,18-19,21-22,24-26,30,32,34-35,37-49H2,1-3H3,(H,55,58)/b11-8+,17-14+,23-20-,28-27+,31-29-,36-33+. The van der Waals surface area contributed by atoms with Gasteiger partial charge >= 0.3 is 5.97 Å². The van der Waals surface area contributed by atoms with Crippen LogP contribution in [-0.4, -0.2) is 46.9 Å². The third-order valence-electron chi connectivity index (χ3n) is 11.1.